The van der Waals surface area contributed by atoms with Crippen LogP contribution in [0.1, 0.15) is 26.6 Å². The molecule has 2 rings (SSSR count). The predicted octanol–water partition coefficient (Wildman–Crippen LogP) is 0.0738. The molecular formula is C15H29N7O. The van der Waals surface area contributed by atoms with E-state index >= 15 is 0 Å². The number of hydrogen-bond donors (Lipinski definition) is 2. The number of aryl methyl sites for hydroxylation is 1. The number of guanidine groups is 1. The molecule has 2 N–H and O–H groups in total. The molecule has 1 aliphatic heterocycles. The Morgan fingerprint density at radius 2 is 2.13 bits per heavy atom. The highest BCUT2D eigenvalue weighted by Gasteiger charge is 2.17. The summed E-state index contributed by atoms with van der Waals surface area (Å²) >= 11 is 0. The van der Waals surface area contributed by atoms with Crippen molar-refractivity contribution in [3.8, 4) is 0 Å². The Morgan fingerprint density at radius 3 is 2.83 bits per heavy atom. The van der Waals surface area contributed by atoms with Crippen molar-refractivity contribution in [1.29, 1.82) is 0 Å². The first-order valence-electron chi connectivity index (χ1n) is 8.45. The van der Waals surface area contributed by atoms with Crippen molar-refractivity contribution in [2.75, 3.05) is 39.4 Å². The van der Waals surface area contributed by atoms with Gasteiger partial charge in [0.15, 0.2) is 11.8 Å². The summed E-state index contributed by atoms with van der Waals surface area (Å²) in [5.41, 5.74) is 0. The lowest BCUT2D eigenvalue weighted by atomic mass is 10.2. The van der Waals surface area contributed by atoms with Gasteiger partial charge in [-0.15, -0.1) is 10.2 Å². The summed E-state index contributed by atoms with van der Waals surface area (Å²) in [4.78, 5) is 7.05. The zero-order valence-corrected chi connectivity index (χ0v) is 14.5. The maximum Gasteiger partial charge on any atom is 0.191 e. The Bertz CT molecular complexity index is 482. The van der Waals surface area contributed by atoms with E-state index in [1.54, 1.807) is 6.33 Å². The molecule has 1 atom stereocenters. The standard InChI is InChI=1S/C15H29N7O/c1-4-16-15(18-11-14-20-19-12-21(14)5-2)17-10-13(3)22-6-8-23-9-7-22/h12-13H,4-11H2,1-3H3,(H2,16,17,18). The molecule has 1 aromatic heterocycles. The molecule has 1 saturated heterocycles. The summed E-state index contributed by atoms with van der Waals surface area (Å²) in [6.07, 6.45) is 1.74. The van der Waals surface area contributed by atoms with Gasteiger partial charge in [-0.3, -0.25) is 4.90 Å². The van der Waals surface area contributed by atoms with Crippen molar-refractivity contribution in [3.63, 3.8) is 0 Å². The van der Waals surface area contributed by atoms with E-state index in [1.807, 2.05) is 4.57 Å². The molecule has 0 spiro atoms. The summed E-state index contributed by atoms with van der Waals surface area (Å²) in [6.45, 7) is 13.1. The third-order valence-electron chi connectivity index (χ3n) is 3.99. The van der Waals surface area contributed by atoms with E-state index in [0.717, 1.165) is 57.7 Å². The molecule has 0 aliphatic carbocycles. The zero-order chi connectivity index (χ0) is 16.5. The van der Waals surface area contributed by atoms with Crippen LogP contribution in [-0.4, -0.2) is 71.1 Å². The summed E-state index contributed by atoms with van der Waals surface area (Å²) in [5.74, 6) is 1.70. The first kappa shape index (κ1) is 17.7. The second-order valence-electron chi connectivity index (χ2n) is 5.61. The van der Waals surface area contributed by atoms with Crippen LogP contribution in [0.4, 0.5) is 0 Å². The van der Waals surface area contributed by atoms with Crippen molar-refractivity contribution in [3.05, 3.63) is 12.2 Å². The second-order valence-corrected chi connectivity index (χ2v) is 5.61. The highest BCUT2D eigenvalue weighted by molar-refractivity contribution is 5.79. The molecule has 0 radical (unpaired) electrons. The molecule has 23 heavy (non-hydrogen) atoms. The Labute approximate surface area is 138 Å². The van der Waals surface area contributed by atoms with Gasteiger partial charge in [-0.25, -0.2) is 4.99 Å². The van der Waals surface area contributed by atoms with Gasteiger partial charge >= 0.3 is 0 Å². The minimum absolute atomic E-state index is 0.446. The zero-order valence-electron chi connectivity index (χ0n) is 14.5. The topological polar surface area (TPSA) is 79.6 Å². The molecule has 0 bridgehead atoms. The fourth-order valence-corrected chi connectivity index (χ4v) is 2.55. The van der Waals surface area contributed by atoms with Crippen LogP contribution in [0.2, 0.25) is 0 Å². The minimum Gasteiger partial charge on any atom is -0.379 e. The van der Waals surface area contributed by atoms with Crippen molar-refractivity contribution in [2.24, 2.45) is 4.99 Å². The average Bonchev–Trinajstić information content (AvgIpc) is 3.05. The van der Waals surface area contributed by atoms with Crippen LogP contribution < -0.4 is 10.6 Å². The van der Waals surface area contributed by atoms with E-state index in [1.165, 1.54) is 0 Å². The number of nitrogens with zero attached hydrogens (tertiary/aromatic N) is 5. The van der Waals surface area contributed by atoms with Gasteiger partial charge in [-0.2, -0.15) is 0 Å². The molecule has 0 saturated carbocycles. The SMILES string of the molecule is CCNC(=NCc1nncn1CC)NCC(C)N1CCOCC1. The minimum atomic E-state index is 0.446. The molecule has 1 unspecified atom stereocenters. The summed E-state index contributed by atoms with van der Waals surface area (Å²) < 4.78 is 7.41. The molecule has 1 aliphatic rings. The number of aliphatic imine (C=N–C) groups is 1. The van der Waals surface area contributed by atoms with E-state index < -0.39 is 0 Å². The van der Waals surface area contributed by atoms with Gasteiger partial charge in [-0.05, 0) is 20.8 Å². The smallest absolute Gasteiger partial charge is 0.191 e. The van der Waals surface area contributed by atoms with Crippen LogP contribution in [0.25, 0.3) is 0 Å². The maximum absolute atomic E-state index is 5.40. The Hall–Kier alpha value is -1.67. The van der Waals surface area contributed by atoms with E-state index in [9.17, 15) is 0 Å². The number of aromatic nitrogens is 3. The lowest BCUT2D eigenvalue weighted by Crippen LogP contribution is -2.49. The summed E-state index contributed by atoms with van der Waals surface area (Å²) in [5, 5.41) is 14.7. The van der Waals surface area contributed by atoms with Crippen LogP contribution in [0.5, 0.6) is 0 Å². The van der Waals surface area contributed by atoms with Gasteiger partial charge in [0.05, 0.1) is 13.2 Å². The van der Waals surface area contributed by atoms with Crippen LogP contribution in [0.3, 0.4) is 0 Å². The molecule has 2 heterocycles. The Balaban J connectivity index is 1.86. The monoisotopic (exact) mass is 323 g/mol. The largest absolute Gasteiger partial charge is 0.379 e. The fourth-order valence-electron chi connectivity index (χ4n) is 2.55. The first-order valence-corrected chi connectivity index (χ1v) is 8.45. The summed E-state index contributed by atoms with van der Waals surface area (Å²) in [6, 6.07) is 0.446. The fraction of sp³-hybridized carbons (Fsp3) is 0.800. The van der Waals surface area contributed by atoms with Crippen molar-refractivity contribution in [1.82, 2.24) is 30.3 Å². The first-order chi connectivity index (χ1) is 11.2. The maximum atomic E-state index is 5.40. The van der Waals surface area contributed by atoms with E-state index in [2.05, 4.69) is 51.5 Å². The summed E-state index contributed by atoms with van der Waals surface area (Å²) in [7, 11) is 0. The molecule has 8 heteroatoms. The van der Waals surface area contributed by atoms with Crippen molar-refractivity contribution in [2.45, 2.75) is 39.9 Å². The quantitative estimate of drug-likeness (QED) is 0.546. The van der Waals surface area contributed by atoms with E-state index in [-0.39, 0.29) is 0 Å². The molecule has 8 nitrogen and oxygen atoms in total. The highest BCUT2D eigenvalue weighted by Crippen LogP contribution is 2.02. The Morgan fingerprint density at radius 1 is 1.35 bits per heavy atom. The van der Waals surface area contributed by atoms with Crippen LogP contribution in [0.15, 0.2) is 11.3 Å². The van der Waals surface area contributed by atoms with Gasteiger partial charge in [0.2, 0.25) is 0 Å². The van der Waals surface area contributed by atoms with Crippen molar-refractivity contribution >= 4 is 5.96 Å². The van der Waals surface area contributed by atoms with Gasteiger partial charge in [0, 0.05) is 38.8 Å². The second kappa shape index (κ2) is 9.46. The highest BCUT2D eigenvalue weighted by atomic mass is 16.5. The number of rotatable bonds is 7. The molecule has 0 aromatic carbocycles. The molecule has 1 fully saturated rings. The van der Waals surface area contributed by atoms with Crippen molar-refractivity contribution < 1.29 is 4.74 Å². The number of hydrogen-bond acceptors (Lipinski definition) is 5. The third-order valence-corrected chi connectivity index (χ3v) is 3.99. The molecule has 0 amide bonds. The predicted molar refractivity (Wildman–Crippen MR) is 90.4 cm³/mol. The lowest BCUT2D eigenvalue weighted by Gasteiger charge is -2.32. The normalized spacial score (nSPS) is 18.0. The van der Waals surface area contributed by atoms with Gasteiger partial charge in [-0.1, -0.05) is 0 Å². The number of nitrogens with one attached hydrogen (secondary N) is 2. The van der Waals surface area contributed by atoms with Gasteiger partial charge in [0.1, 0.15) is 12.9 Å². The van der Waals surface area contributed by atoms with Gasteiger partial charge in [0.25, 0.3) is 0 Å². The van der Waals surface area contributed by atoms with E-state index in [0.29, 0.717) is 12.6 Å². The average molecular weight is 323 g/mol. The Kier molecular flexibility index (Phi) is 7.28. The molecule has 130 valence electrons. The lowest BCUT2D eigenvalue weighted by molar-refractivity contribution is 0.0211. The van der Waals surface area contributed by atoms with Crippen LogP contribution in [-0.2, 0) is 17.8 Å². The molecule has 1 aromatic rings. The van der Waals surface area contributed by atoms with Gasteiger partial charge < -0.3 is 19.9 Å². The molecular weight excluding hydrogens is 294 g/mol. The number of ether oxygens (including phenoxy) is 1. The number of morpholine rings is 1. The van der Waals surface area contributed by atoms with Crippen LogP contribution in [0, 0.1) is 0 Å². The third kappa shape index (κ3) is 5.47. The van der Waals surface area contributed by atoms with E-state index in [4.69, 9.17) is 4.74 Å². The van der Waals surface area contributed by atoms with Crippen LogP contribution >= 0.6 is 0 Å².